The van der Waals surface area contributed by atoms with Crippen LogP contribution in [0.25, 0.3) is 0 Å². The molecule has 1 saturated heterocycles. The Morgan fingerprint density at radius 2 is 2.00 bits per heavy atom. The van der Waals surface area contributed by atoms with E-state index in [-0.39, 0.29) is 18.9 Å². The van der Waals surface area contributed by atoms with Crippen molar-refractivity contribution in [2.45, 2.75) is 44.7 Å². The second-order valence-electron chi connectivity index (χ2n) is 4.97. The standard InChI is InChI=1S/C14H19F2N/c1-12-10-14(15,16)8-5-9-17(12)11-13-6-3-2-4-7-13/h2-4,6-7,12H,5,8-11H2,1H3. The van der Waals surface area contributed by atoms with Crippen LogP contribution in [-0.2, 0) is 6.54 Å². The molecule has 17 heavy (non-hydrogen) atoms. The third kappa shape index (κ3) is 3.50. The van der Waals surface area contributed by atoms with Crippen LogP contribution in [0.4, 0.5) is 8.78 Å². The molecule has 1 nitrogen and oxygen atoms in total. The Kier molecular flexibility index (Phi) is 3.77. The Labute approximate surface area is 101 Å². The van der Waals surface area contributed by atoms with Gasteiger partial charge in [0.15, 0.2) is 0 Å². The van der Waals surface area contributed by atoms with Crippen molar-refractivity contribution in [2.24, 2.45) is 0 Å². The molecule has 1 atom stereocenters. The zero-order valence-corrected chi connectivity index (χ0v) is 10.2. The van der Waals surface area contributed by atoms with Crippen LogP contribution in [0.1, 0.15) is 31.7 Å². The summed E-state index contributed by atoms with van der Waals surface area (Å²) >= 11 is 0. The summed E-state index contributed by atoms with van der Waals surface area (Å²) in [6, 6.07) is 10.0. The molecule has 0 spiro atoms. The number of rotatable bonds is 2. The molecule has 94 valence electrons. The molecule has 1 aliphatic heterocycles. The van der Waals surface area contributed by atoms with E-state index < -0.39 is 5.92 Å². The molecule has 1 aromatic carbocycles. The van der Waals surface area contributed by atoms with Gasteiger partial charge in [-0.25, -0.2) is 8.78 Å². The van der Waals surface area contributed by atoms with Gasteiger partial charge in [0.05, 0.1) is 0 Å². The molecule has 0 N–H and O–H groups in total. The van der Waals surface area contributed by atoms with Crippen LogP contribution in [0.5, 0.6) is 0 Å². The molecule has 0 aliphatic carbocycles. The Balaban J connectivity index is 2.01. The molecule has 0 aromatic heterocycles. The number of alkyl halides is 2. The van der Waals surface area contributed by atoms with Crippen LogP contribution in [-0.4, -0.2) is 23.4 Å². The molecule has 1 aliphatic rings. The van der Waals surface area contributed by atoms with E-state index in [2.05, 4.69) is 17.0 Å². The first kappa shape index (κ1) is 12.5. The van der Waals surface area contributed by atoms with Crippen molar-refractivity contribution in [2.75, 3.05) is 6.54 Å². The minimum absolute atomic E-state index is 0.0141. The number of halogens is 2. The highest BCUT2D eigenvalue weighted by Crippen LogP contribution is 2.31. The zero-order valence-electron chi connectivity index (χ0n) is 10.2. The quantitative estimate of drug-likeness (QED) is 0.760. The lowest BCUT2D eigenvalue weighted by atomic mass is 10.1. The van der Waals surface area contributed by atoms with Crippen molar-refractivity contribution in [1.29, 1.82) is 0 Å². The van der Waals surface area contributed by atoms with Crippen LogP contribution in [0, 0.1) is 0 Å². The number of hydrogen-bond donors (Lipinski definition) is 0. The molecule has 1 aromatic rings. The predicted molar refractivity (Wildman–Crippen MR) is 65.1 cm³/mol. The fraction of sp³-hybridized carbons (Fsp3) is 0.571. The molecule has 1 heterocycles. The maximum atomic E-state index is 13.4. The maximum absolute atomic E-state index is 13.4. The van der Waals surface area contributed by atoms with Gasteiger partial charge in [-0.15, -0.1) is 0 Å². The summed E-state index contributed by atoms with van der Waals surface area (Å²) in [6.45, 7) is 3.45. The van der Waals surface area contributed by atoms with Crippen LogP contribution in [0.15, 0.2) is 30.3 Å². The third-order valence-electron chi connectivity index (χ3n) is 3.43. The summed E-state index contributed by atoms with van der Waals surface area (Å²) in [6.07, 6.45) is 0.604. The SMILES string of the molecule is CC1CC(F)(F)CCCN1Cc1ccccc1. The Bertz CT molecular complexity index is 350. The Morgan fingerprint density at radius 1 is 1.29 bits per heavy atom. The highest BCUT2D eigenvalue weighted by atomic mass is 19.3. The number of nitrogens with zero attached hydrogens (tertiary/aromatic N) is 1. The summed E-state index contributed by atoms with van der Waals surface area (Å²) in [7, 11) is 0. The second-order valence-corrected chi connectivity index (χ2v) is 4.97. The number of likely N-dealkylation sites (tertiary alicyclic amines) is 1. The molecular weight excluding hydrogens is 220 g/mol. The molecule has 1 unspecified atom stereocenters. The van der Waals surface area contributed by atoms with Gasteiger partial charge >= 0.3 is 0 Å². The lowest BCUT2D eigenvalue weighted by Gasteiger charge is -2.27. The van der Waals surface area contributed by atoms with Gasteiger partial charge in [0, 0.05) is 25.4 Å². The van der Waals surface area contributed by atoms with Crippen molar-refractivity contribution < 1.29 is 8.78 Å². The van der Waals surface area contributed by atoms with Gasteiger partial charge in [-0.3, -0.25) is 4.90 Å². The molecule has 0 amide bonds. The van der Waals surface area contributed by atoms with Crippen LogP contribution in [0.2, 0.25) is 0 Å². The van der Waals surface area contributed by atoms with Crippen molar-refractivity contribution in [3.63, 3.8) is 0 Å². The van der Waals surface area contributed by atoms with Gasteiger partial charge in [0.25, 0.3) is 0 Å². The summed E-state index contributed by atoms with van der Waals surface area (Å²) in [5, 5.41) is 0. The Morgan fingerprint density at radius 3 is 2.71 bits per heavy atom. The average molecular weight is 239 g/mol. The first-order valence-corrected chi connectivity index (χ1v) is 6.23. The van der Waals surface area contributed by atoms with Crippen molar-refractivity contribution >= 4 is 0 Å². The van der Waals surface area contributed by atoms with Crippen LogP contribution < -0.4 is 0 Å². The van der Waals surface area contributed by atoms with Crippen molar-refractivity contribution in [3.05, 3.63) is 35.9 Å². The van der Waals surface area contributed by atoms with Gasteiger partial charge < -0.3 is 0 Å². The van der Waals surface area contributed by atoms with E-state index in [4.69, 9.17) is 0 Å². The van der Waals surface area contributed by atoms with Gasteiger partial charge in [0.1, 0.15) is 0 Å². The van der Waals surface area contributed by atoms with Gasteiger partial charge in [0.2, 0.25) is 5.92 Å². The van der Waals surface area contributed by atoms with E-state index in [0.717, 1.165) is 13.1 Å². The summed E-state index contributed by atoms with van der Waals surface area (Å²) in [5.74, 6) is -2.48. The van der Waals surface area contributed by atoms with E-state index in [1.54, 1.807) is 0 Å². The molecule has 1 fully saturated rings. The van der Waals surface area contributed by atoms with Gasteiger partial charge in [-0.1, -0.05) is 30.3 Å². The fourth-order valence-electron chi connectivity index (χ4n) is 2.48. The molecular formula is C14H19F2N. The smallest absolute Gasteiger partial charge is 0.249 e. The monoisotopic (exact) mass is 239 g/mol. The van der Waals surface area contributed by atoms with Crippen molar-refractivity contribution in [1.82, 2.24) is 4.90 Å². The maximum Gasteiger partial charge on any atom is 0.249 e. The normalized spacial score (nSPS) is 25.5. The molecule has 3 heteroatoms. The first-order valence-electron chi connectivity index (χ1n) is 6.23. The van der Waals surface area contributed by atoms with Crippen LogP contribution >= 0.6 is 0 Å². The van der Waals surface area contributed by atoms with Gasteiger partial charge in [-0.05, 0) is 25.5 Å². The second kappa shape index (κ2) is 5.13. The fourth-order valence-corrected chi connectivity index (χ4v) is 2.48. The predicted octanol–water partition coefficient (Wildman–Crippen LogP) is 3.70. The molecule has 2 rings (SSSR count). The third-order valence-corrected chi connectivity index (χ3v) is 3.43. The molecule has 0 radical (unpaired) electrons. The van der Waals surface area contributed by atoms with Crippen LogP contribution in [0.3, 0.4) is 0 Å². The summed E-state index contributed by atoms with van der Waals surface area (Å²) in [4.78, 5) is 2.16. The lowest BCUT2D eigenvalue weighted by Crippen LogP contribution is -2.34. The van der Waals surface area contributed by atoms with Gasteiger partial charge in [-0.2, -0.15) is 0 Å². The average Bonchev–Trinajstić information content (AvgIpc) is 2.39. The number of hydrogen-bond acceptors (Lipinski definition) is 1. The topological polar surface area (TPSA) is 3.24 Å². The highest BCUT2D eigenvalue weighted by Gasteiger charge is 2.35. The van der Waals surface area contributed by atoms with E-state index in [1.165, 1.54) is 5.56 Å². The minimum Gasteiger partial charge on any atom is -0.296 e. The van der Waals surface area contributed by atoms with E-state index >= 15 is 0 Å². The molecule has 0 bridgehead atoms. The lowest BCUT2D eigenvalue weighted by molar-refractivity contribution is -0.0233. The minimum atomic E-state index is -2.48. The summed E-state index contributed by atoms with van der Waals surface area (Å²) < 4.78 is 26.8. The van der Waals surface area contributed by atoms with Crippen molar-refractivity contribution in [3.8, 4) is 0 Å². The van der Waals surface area contributed by atoms with E-state index in [1.807, 2.05) is 25.1 Å². The van der Waals surface area contributed by atoms with E-state index in [9.17, 15) is 8.78 Å². The highest BCUT2D eigenvalue weighted by molar-refractivity contribution is 5.14. The Hall–Kier alpha value is -0.960. The van der Waals surface area contributed by atoms with E-state index in [0.29, 0.717) is 6.42 Å². The molecule has 0 saturated carbocycles. The number of benzene rings is 1. The zero-order chi connectivity index (χ0) is 12.3. The first-order chi connectivity index (χ1) is 8.07. The largest absolute Gasteiger partial charge is 0.296 e. The summed E-state index contributed by atoms with van der Waals surface area (Å²) in [5.41, 5.74) is 1.20.